The van der Waals surface area contributed by atoms with E-state index in [1.165, 1.54) is 13.0 Å². The summed E-state index contributed by atoms with van der Waals surface area (Å²) in [5.41, 5.74) is -1.85. The SMILES string of the molecule is C=CCC(CCC(=C)C)(C(=O)OCC)C(=O)OCC.C=CCC(CCC(C)=O)(C(=O)OCC)C(=O)OCC. The van der Waals surface area contributed by atoms with Crippen LogP contribution in [0.3, 0.4) is 0 Å². The zero-order valence-corrected chi connectivity index (χ0v) is 24.0. The highest BCUT2D eigenvalue weighted by molar-refractivity contribution is 6.01. The van der Waals surface area contributed by atoms with Gasteiger partial charge in [0.05, 0.1) is 26.4 Å². The molecule has 0 bridgehead atoms. The van der Waals surface area contributed by atoms with Gasteiger partial charge in [-0.25, -0.2) is 0 Å². The first-order chi connectivity index (χ1) is 17.9. The third-order valence-corrected chi connectivity index (χ3v) is 5.53. The highest BCUT2D eigenvalue weighted by Crippen LogP contribution is 2.34. The minimum atomic E-state index is -1.46. The third kappa shape index (κ3) is 11.9. The van der Waals surface area contributed by atoms with Crippen molar-refractivity contribution in [1.82, 2.24) is 0 Å². The maximum absolute atomic E-state index is 12.2. The van der Waals surface area contributed by atoms with E-state index in [0.29, 0.717) is 12.8 Å². The lowest BCUT2D eigenvalue weighted by molar-refractivity contribution is -0.174. The van der Waals surface area contributed by atoms with Crippen molar-refractivity contribution in [2.45, 2.75) is 80.1 Å². The first-order valence-electron chi connectivity index (χ1n) is 12.9. The number of hydrogen-bond donors (Lipinski definition) is 0. The second-order valence-corrected chi connectivity index (χ2v) is 8.69. The summed E-state index contributed by atoms with van der Waals surface area (Å²) in [5, 5.41) is 0. The Hall–Kier alpha value is -3.23. The van der Waals surface area contributed by atoms with Gasteiger partial charge in [0.25, 0.3) is 0 Å². The normalized spacial score (nSPS) is 10.7. The summed E-state index contributed by atoms with van der Waals surface area (Å²) in [4.78, 5) is 59.7. The molecule has 0 aliphatic heterocycles. The molecule has 0 fully saturated rings. The number of ketones is 1. The Kier molecular flexibility index (Phi) is 19.3. The first-order valence-corrected chi connectivity index (χ1v) is 12.9. The van der Waals surface area contributed by atoms with E-state index in [2.05, 4.69) is 19.7 Å². The average molecular weight is 539 g/mol. The number of ether oxygens (including phenoxy) is 4. The van der Waals surface area contributed by atoms with Crippen LogP contribution < -0.4 is 0 Å². The topological polar surface area (TPSA) is 122 Å². The number of esters is 4. The predicted octanol–water partition coefficient (Wildman–Crippen LogP) is 5.08. The number of Topliss-reactive ketones (excluding diaryl/α,β-unsaturated/α-hetero) is 1. The van der Waals surface area contributed by atoms with Crippen LogP contribution in [0.5, 0.6) is 0 Å². The van der Waals surface area contributed by atoms with Gasteiger partial charge in [-0.05, 0) is 73.6 Å². The van der Waals surface area contributed by atoms with Crippen molar-refractivity contribution in [3.05, 3.63) is 37.5 Å². The first kappa shape index (κ1) is 36.9. The van der Waals surface area contributed by atoms with E-state index in [-0.39, 0.29) is 57.9 Å². The molecule has 0 aliphatic carbocycles. The van der Waals surface area contributed by atoms with Crippen molar-refractivity contribution in [1.29, 1.82) is 0 Å². The molecule has 0 spiro atoms. The summed E-state index contributed by atoms with van der Waals surface area (Å²) >= 11 is 0. The number of hydrogen-bond acceptors (Lipinski definition) is 9. The van der Waals surface area contributed by atoms with Crippen LogP contribution in [-0.2, 0) is 42.9 Å². The Morgan fingerprint density at radius 1 is 0.605 bits per heavy atom. The van der Waals surface area contributed by atoms with Gasteiger partial charge >= 0.3 is 23.9 Å². The molecular formula is C29H46O9. The summed E-state index contributed by atoms with van der Waals surface area (Å²) in [6.45, 7) is 21.8. The number of carbonyl (C=O) groups is 5. The van der Waals surface area contributed by atoms with Crippen molar-refractivity contribution in [2.24, 2.45) is 10.8 Å². The lowest BCUT2D eigenvalue weighted by Crippen LogP contribution is -2.42. The monoisotopic (exact) mass is 538 g/mol. The van der Waals surface area contributed by atoms with Crippen LogP contribution in [0.25, 0.3) is 0 Å². The highest BCUT2D eigenvalue weighted by atomic mass is 16.6. The number of allylic oxidation sites excluding steroid dienone is 3. The van der Waals surface area contributed by atoms with E-state index < -0.39 is 34.7 Å². The van der Waals surface area contributed by atoms with Crippen LogP contribution in [-0.4, -0.2) is 56.1 Å². The minimum Gasteiger partial charge on any atom is -0.465 e. The molecule has 0 atom stereocenters. The van der Waals surface area contributed by atoms with Crippen LogP contribution in [0.15, 0.2) is 37.5 Å². The van der Waals surface area contributed by atoms with E-state index in [1.807, 2.05) is 6.92 Å². The molecule has 38 heavy (non-hydrogen) atoms. The largest absolute Gasteiger partial charge is 0.465 e. The Morgan fingerprint density at radius 2 is 0.895 bits per heavy atom. The highest BCUT2D eigenvalue weighted by Gasteiger charge is 2.48. The average Bonchev–Trinajstić information content (AvgIpc) is 2.85. The summed E-state index contributed by atoms with van der Waals surface area (Å²) in [5.74, 6) is -2.50. The van der Waals surface area contributed by atoms with Crippen LogP contribution in [0.2, 0.25) is 0 Å². The Balaban J connectivity index is 0. The molecule has 0 aliphatic rings. The van der Waals surface area contributed by atoms with Gasteiger partial charge in [-0.3, -0.25) is 19.2 Å². The Bertz CT molecular complexity index is 722. The fourth-order valence-electron chi connectivity index (χ4n) is 3.50. The molecule has 216 valence electrons. The molecule has 0 unspecified atom stereocenters. The van der Waals surface area contributed by atoms with Crippen LogP contribution in [0.4, 0.5) is 0 Å². The molecule has 0 saturated heterocycles. The van der Waals surface area contributed by atoms with Gasteiger partial charge in [0.15, 0.2) is 10.8 Å². The predicted molar refractivity (Wildman–Crippen MR) is 145 cm³/mol. The van der Waals surface area contributed by atoms with Gasteiger partial charge in [-0.2, -0.15) is 0 Å². The molecule has 0 aromatic carbocycles. The molecule has 0 heterocycles. The molecule has 0 aromatic rings. The van der Waals surface area contributed by atoms with E-state index in [0.717, 1.165) is 5.57 Å². The van der Waals surface area contributed by atoms with Gasteiger partial charge < -0.3 is 23.7 Å². The van der Waals surface area contributed by atoms with E-state index in [1.54, 1.807) is 33.8 Å². The van der Waals surface area contributed by atoms with E-state index in [4.69, 9.17) is 18.9 Å². The molecule has 9 heteroatoms. The van der Waals surface area contributed by atoms with Crippen molar-refractivity contribution in [3.8, 4) is 0 Å². The molecule has 0 N–H and O–H groups in total. The van der Waals surface area contributed by atoms with Crippen molar-refractivity contribution < 1.29 is 42.9 Å². The molecule has 0 amide bonds. The standard InChI is InChI=1S/C15H24O4.C14H22O5/c1-6-10-15(11-9-12(4)5,13(16)18-7-2)14(17)19-8-3;1-5-9-14(10-8-11(4)15,12(16)18-6-2)13(17)19-7-3/h6H,1,4,7-11H2,2-3,5H3;5H,1,6-10H2,2-4H3. The molecular weight excluding hydrogens is 492 g/mol. The third-order valence-electron chi connectivity index (χ3n) is 5.53. The van der Waals surface area contributed by atoms with Gasteiger partial charge in [0.2, 0.25) is 0 Å². The van der Waals surface area contributed by atoms with Gasteiger partial charge in [0.1, 0.15) is 5.78 Å². The number of rotatable bonds is 18. The summed E-state index contributed by atoms with van der Waals surface area (Å²) in [7, 11) is 0. The molecule has 0 saturated carbocycles. The van der Waals surface area contributed by atoms with E-state index >= 15 is 0 Å². The van der Waals surface area contributed by atoms with Gasteiger partial charge in [-0.1, -0.05) is 17.7 Å². The fourth-order valence-corrected chi connectivity index (χ4v) is 3.50. The Morgan fingerprint density at radius 3 is 1.11 bits per heavy atom. The maximum Gasteiger partial charge on any atom is 0.323 e. The molecule has 0 rings (SSSR count). The lowest BCUT2D eigenvalue weighted by atomic mass is 9.79. The van der Waals surface area contributed by atoms with E-state index in [9.17, 15) is 24.0 Å². The zero-order valence-electron chi connectivity index (χ0n) is 24.0. The van der Waals surface area contributed by atoms with Gasteiger partial charge in [-0.15, -0.1) is 19.7 Å². The Labute approximate surface area is 227 Å². The minimum absolute atomic E-state index is 0.0754. The summed E-state index contributed by atoms with van der Waals surface area (Å²) < 4.78 is 20.0. The maximum atomic E-state index is 12.2. The quantitative estimate of drug-likeness (QED) is 0.102. The second-order valence-electron chi connectivity index (χ2n) is 8.69. The summed E-state index contributed by atoms with van der Waals surface area (Å²) in [6, 6.07) is 0. The fraction of sp³-hybridized carbons (Fsp3) is 0.621. The smallest absolute Gasteiger partial charge is 0.323 e. The molecule has 0 radical (unpaired) electrons. The lowest BCUT2D eigenvalue weighted by Gasteiger charge is -2.28. The van der Waals surface area contributed by atoms with Crippen LogP contribution >= 0.6 is 0 Å². The molecule has 9 nitrogen and oxygen atoms in total. The van der Waals surface area contributed by atoms with Gasteiger partial charge in [0, 0.05) is 6.42 Å². The zero-order chi connectivity index (χ0) is 29.8. The number of carbonyl (C=O) groups excluding carboxylic acids is 5. The second kappa shape index (κ2) is 19.8. The summed E-state index contributed by atoms with van der Waals surface area (Å²) in [6.07, 6.45) is 4.39. The van der Waals surface area contributed by atoms with Crippen molar-refractivity contribution in [2.75, 3.05) is 26.4 Å². The van der Waals surface area contributed by atoms with Crippen LogP contribution in [0, 0.1) is 10.8 Å². The van der Waals surface area contributed by atoms with Crippen LogP contribution in [0.1, 0.15) is 80.1 Å². The van der Waals surface area contributed by atoms with Crippen molar-refractivity contribution in [3.63, 3.8) is 0 Å². The van der Waals surface area contributed by atoms with Crippen molar-refractivity contribution >= 4 is 29.7 Å². The molecule has 0 aromatic heterocycles.